The van der Waals surface area contributed by atoms with E-state index in [1.807, 2.05) is 0 Å². The van der Waals surface area contributed by atoms with E-state index in [0.717, 1.165) is 44.3 Å². The molecular formula is C25H30F2N8O3. The van der Waals surface area contributed by atoms with Crippen molar-refractivity contribution in [3.05, 3.63) is 59.7 Å². The maximum Gasteiger partial charge on any atom is 0.271 e. The summed E-state index contributed by atoms with van der Waals surface area (Å²) in [6, 6.07) is 1.72. The number of ether oxygens (including phenoxy) is 1. The second-order valence-electron chi connectivity index (χ2n) is 8.56. The van der Waals surface area contributed by atoms with Gasteiger partial charge in [0.25, 0.3) is 5.91 Å². The fourth-order valence-corrected chi connectivity index (χ4v) is 3.65. The predicted octanol–water partition coefficient (Wildman–Crippen LogP) is 2.92. The molecule has 0 atom stereocenters. The van der Waals surface area contributed by atoms with Gasteiger partial charge in [0, 0.05) is 30.6 Å². The van der Waals surface area contributed by atoms with E-state index in [-0.39, 0.29) is 46.9 Å². The average Bonchev–Trinajstić information content (AvgIpc) is 2.89. The number of benzene rings is 1. The molecule has 1 aromatic heterocycles. The summed E-state index contributed by atoms with van der Waals surface area (Å²) in [6.07, 6.45) is 5.63. The fraction of sp³-hybridized carbons (Fsp3) is 0.320. The quantitative estimate of drug-likeness (QED) is 0.220. The van der Waals surface area contributed by atoms with Crippen LogP contribution in [0.3, 0.4) is 0 Å². The van der Waals surface area contributed by atoms with Gasteiger partial charge in [0.05, 0.1) is 11.4 Å². The zero-order valence-corrected chi connectivity index (χ0v) is 21.1. The Bertz CT molecular complexity index is 1260. The number of hydrogen-bond donors (Lipinski definition) is 5. The highest BCUT2D eigenvalue weighted by Crippen LogP contribution is 2.31. The van der Waals surface area contributed by atoms with Gasteiger partial charge in [-0.3, -0.25) is 9.59 Å². The van der Waals surface area contributed by atoms with Gasteiger partial charge in [-0.25, -0.2) is 13.8 Å². The van der Waals surface area contributed by atoms with Crippen molar-refractivity contribution >= 4 is 29.5 Å². The summed E-state index contributed by atoms with van der Waals surface area (Å²) in [5, 5.41) is 16.1. The van der Waals surface area contributed by atoms with Gasteiger partial charge in [-0.2, -0.15) is 4.98 Å². The van der Waals surface area contributed by atoms with Crippen LogP contribution in [0.2, 0.25) is 0 Å². The number of anilines is 2. The number of aryl methyl sites for hydroxylation is 1. The molecule has 0 saturated carbocycles. The highest BCUT2D eigenvalue weighted by atomic mass is 19.1. The van der Waals surface area contributed by atoms with Gasteiger partial charge in [-0.05, 0) is 45.5 Å². The number of allylic oxidation sites excluding steroid dienone is 1. The van der Waals surface area contributed by atoms with Crippen molar-refractivity contribution in [1.82, 2.24) is 20.2 Å². The van der Waals surface area contributed by atoms with Crippen LogP contribution in [-0.2, 0) is 11.2 Å². The van der Waals surface area contributed by atoms with E-state index in [9.17, 15) is 18.4 Å². The molecule has 6 N–H and O–H groups in total. The molecule has 11 nitrogen and oxygen atoms in total. The third-order valence-electron chi connectivity index (χ3n) is 5.78. The first-order valence-electron chi connectivity index (χ1n) is 11.9. The molecule has 1 saturated heterocycles. The molecule has 13 heteroatoms. The number of nitrogens with one attached hydrogen (secondary N) is 4. The molecule has 1 aromatic carbocycles. The SMILES string of the molecule is C=CC(=O)Nc1cc(Oc2nc(N/C(C=N)=C/NC3CCN(C)CC3)c(C(N)=O)nc2CC)c(F)cc1F. The van der Waals surface area contributed by atoms with E-state index in [1.54, 1.807) is 13.1 Å². The Labute approximate surface area is 218 Å². The fourth-order valence-electron chi connectivity index (χ4n) is 3.65. The number of halogens is 2. The Balaban J connectivity index is 1.93. The van der Waals surface area contributed by atoms with Crippen LogP contribution in [0.15, 0.2) is 36.7 Å². The van der Waals surface area contributed by atoms with Gasteiger partial charge in [-0.1, -0.05) is 13.5 Å². The largest absolute Gasteiger partial charge is 0.434 e. The molecule has 2 heterocycles. The van der Waals surface area contributed by atoms with E-state index in [4.69, 9.17) is 15.9 Å². The van der Waals surface area contributed by atoms with Gasteiger partial charge >= 0.3 is 0 Å². The van der Waals surface area contributed by atoms with Crippen LogP contribution in [0.25, 0.3) is 0 Å². The molecular weight excluding hydrogens is 498 g/mol. The first kappa shape index (κ1) is 28.2. The Kier molecular flexibility index (Phi) is 9.44. The van der Waals surface area contributed by atoms with Crippen LogP contribution in [0.1, 0.15) is 35.9 Å². The number of piperidine rings is 1. The second kappa shape index (κ2) is 12.7. The normalized spacial score (nSPS) is 14.5. The molecule has 2 amide bonds. The number of carbonyl (C=O) groups excluding carboxylic acids is 2. The number of amides is 2. The average molecular weight is 529 g/mol. The summed E-state index contributed by atoms with van der Waals surface area (Å²) in [5.41, 5.74) is 5.41. The van der Waals surface area contributed by atoms with E-state index >= 15 is 0 Å². The molecule has 202 valence electrons. The number of aromatic nitrogens is 2. The number of carbonyl (C=O) groups is 2. The third-order valence-corrected chi connectivity index (χ3v) is 5.78. The van der Waals surface area contributed by atoms with E-state index in [2.05, 4.69) is 44.4 Å². The van der Waals surface area contributed by atoms with Crippen molar-refractivity contribution in [1.29, 1.82) is 5.41 Å². The van der Waals surface area contributed by atoms with Crippen molar-refractivity contribution in [3.8, 4) is 11.6 Å². The maximum atomic E-state index is 14.6. The van der Waals surface area contributed by atoms with Crippen molar-refractivity contribution in [3.63, 3.8) is 0 Å². The molecule has 1 fully saturated rings. The number of primary amides is 1. The first-order valence-corrected chi connectivity index (χ1v) is 11.9. The van der Waals surface area contributed by atoms with E-state index in [0.29, 0.717) is 6.07 Å². The highest BCUT2D eigenvalue weighted by molar-refractivity contribution is 5.99. The molecule has 3 rings (SSSR count). The lowest BCUT2D eigenvalue weighted by atomic mass is 10.1. The summed E-state index contributed by atoms with van der Waals surface area (Å²) in [6.45, 7) is 6.88. The Hall–Kier alpha value is -4.39. The molecule has 0 bridgehead atoms. The highest BCUT2D eigenvalue weighted by Gasteiger charge is 2.21. The van der Waals surface area contributed by atoms with Gasteiger partial charge in [0.1, 0.15) is 11.5 Å². The van der Waals surface area contributed by atoms with Crippen LogP contribution >= 0.6 is 0 Å². The number of hydrogen-bond acceptors (Lipinski definition) is 9. The molecule has 0 unspecified atom stereocenters. The van der Waals surface area contributed by atoms with Crippen LogP contribution < -0.4 is 26.4 Å². The molecule has 1 aliphatic rings. The lowest BCUT2D eigenvalue weighted by Crippen LogP contribution is -2.39. The van der Waals surface area contributed by atoms with Crippen LogP contribution in [0.4, 0.5) is 20.3 Å². The molecule has 0 aliphatic carbocycles. The van der Waals surface area contributed by atoms with Crippen molar-refractivity contribution in [2.24, 2.45) is 5.73 Å². The lowest BCUT2D eigenvalue weighted by molar-refractivity contribution is -0.111. The van der Waals surface area contributed by atoms with Crippen molar-refractivity contribution in [2.75, 3.05) is 30.8 Å². The van der Waals surface area contributed by atoms with Crippen LogP contribution in [0.5, 0.6) is 11.6 Å². The third kappa shape index (κ3) is 7.09. The van der Waals surface area contributed by atoms with Crippen LogP contribution in [-0.4, -0.2) is 59.1 Å². The molecule has 0 radical (unpaired) electrons. The summed E-state index contributed by atoms with van der Waals surface area (Å²) in [7, 11) is 2.05. The molecule has 38 heavy (non-hydrogen) atoms. The summed E-state index contributed by atoms with van der Waals surface area (Å²) < 4.78 is 34.3. The Morgan fingerprint density at radius 1 is 1.24 bits per heavy atom. The molecule has 1 aliphatic heterocycles. The monoisotopic (exact) mass is 528 g/mol. The zero-order valence-electron chi connectivity index (χ0n) is 21.1. The van der Waals surface area contributed by atoms with Gasteiger partial charge in [0.15, 0.2) is 23.1 Å². The molecule has 2 aromatic rings. The minimum Gasteiger partial charge on any atom is -0.434 e. The van der Waals surface area contributed by atoms with Crippen LogP contribution in [0, 0.1) is 17.0 Å². The number of rotatable bonds is 11. The minimum atomic E-state index is -1.06. The van der Waals surface area contributed by atoms with Crippen molar-refractivity contribution in [2.45, 2.75) is 32.2 Å². The summed E-state index contributed by atoms with van der Waals surface area (Å²) >= 11 is 0. The summed E-state index contributed by atoms with van der Waals surface area (Å²) in [5.74, 6) is -4.40. The Morgan fingerprint density at radius 2 is 1.95 bits per heavy atom. The van der Waals surface area contributed by atoms with Gasteiger partial charge < -0.3 is 36.7 Å². The standard InChI is InChI=1S/C25H30F2N8O3/c1-4-18-25(38-20-11-19(32-21(36)5-2)16(26)10-17(20)27)34-24(22(33-18)23(29)37)31-15(12-28)13-30-14-6-8-35(3)9-7-14/h5,10-14,28,30H,2,4,6-9H2,1,3H3,(H2,29,37)(H,31,34)(H,32,36)/b15-13+,28-12?. The van der Waals surface area contributed by atoms with E-state index in [1.165, 1.54) is 0 Å². The lowest BCUT2D eigenvalue weighted by Gasteiger charge is -2.29. The first-order chi connectivity index (χ1) is 18.1. The summed E-state index contributed by atoms with van der Waals surface area (Å²) in [4.78, 5) is 34.5. The number of likely N-dealkylation sites (tertiary alicyclic amines) is 1. The minimum absolute atomic E-state index is 0.118. The van der Waals surface area contributed by atoms with Gasteiger partial charge in [0.2, 0.25) is 11.8 Å². The number of nitrogens with two attached hydrogens (primary N) is 1. The second-order valence-corrected chi connectivity index (χ2v) is 8.56. The maximum absolute atomic E-state index is 14.6. The van der Waals surface area contributed by atoms with Gasteiger partial charge in [-0.15, -0.1) is 0 Å². The van der Waals surface area contributed by atoms with Crippen molar-refractivity contribution < 1.29 is 23.1 Å². The predicted molar refractivity (Wildman–Crippen MR) is 139 cm³/mol. The number of nitrogens with zero attached hydrogens (tertiary/aromatic N) is 3. The topological polar surface area (TPSA) is 158 Å². The van der Waals surface area contributed by atoms with E-state index < -0.39 is 29.2 Å². The zero-order chi connectivity index (χ0) is 27.8. The molecule has 0 spiro atoms. The smallest absolute Gasteiger partial charge is 0.271 e. The Morgan fingerprint density at radius 3 is 2.55 bits per heavy atom.